The number of carbonyl (C=O) groups is 1. The van der Waals surface area contributed by atoms with Crippen molar-refractivity contribution in [1.29, 1.82) is 0 Å². The van der Waals surface area contributed by atoms with Crippen molar-refractivity contribution in [1.82, 2.24) is 4.57 Å². The van der Waals surface area contributed by atoms with Crippen LogP contribution in [-0.2, 0) is 16.4 Å². The molecule has 0 aliphatic rings. The molecule has 0 saturated carbocycles. The van der Waals surface area contributed by atoms with Crippen molar-refractivity contribution >= 4 is 15.8 Å². The number of aromatic carboxylic acids is 1. The lowest BCUT2D eigenvalue weighted by molar-refractivity contribution is 0.0693. The van der Waals surface area contributed by atoms with E-state index in [2.05, 4.69) is 0 Å². The molecule has 23 heavy (non-hydrogen) atoms. The van der Waals surface area contributed by atoms with Gasteiger partial charge in [0.25, 0.3) is 0 Å². The summed E-state index contributed by atoms with van der Waals surface area (Å²) in [5.74, 6) is -2.26. The van der Waals surface area contributed by atoms with Crippen LogP contribution in [0.5, 0.6) is 5.75 Å². The van der Waals surface area contributed by atoms with Gasteiger partial charge in [0.2, 0.25) is 5.43 Å². The van der Waals surface area contributed by atoms with Crippen LogP contribution in [0.4, 0.5) is 0 Å². The molecule has 0 fully saturated rings. The van der Waals surface area contributed by atoms with Crippen molar-refractivity contribution in [2.45, 2.75) is 17.9 Å². The van der Waals surface area contributed by atoms with Crippen molar-refractivity contribution < 1.29 is 23.4 Å². The second kappa shape index (κ2) is 6.66. The van der Waals surface area contributed by atoms with E-state index in [1.165, 1.54) is 16.7 Å². The number of aromatic hydroxyl groups is 1. The van der Waals surface area contributed by atoms with Gasteiger partial charge in [-0.25, -0.2) is 13.2 Å². The number of aryl methyl sites for hydroxylation is 1. The van der Waals surface area contributed by atoms with Crippen molar-refractivity contribution in [3.8, 4) is 5.75 Å². The molecule has 2 N–H and O–H groups in total. The van der Waals surface area contributed by atoms with Crippen LogP contribution in [0.3, 0.4) is 0 Å². The summed E-state index contributed by atoms with van der Waals surface area (Å²) in [6, 6.07) is 7.99. The number of pyridine rings is 1. The average Bonchev–Trinajstić information content (AvgIpc) is 2.51. The molecule has 0 saturated heterocycles. The summed E-state index contributed by atoms with van der Waals surface area (Å²) < 4.78 is 25.5. The van der Waals surface area contributed by atoms with Crippen LogP contribution in [-0.4, -0.2) is 34.9 Å². The van der Waals surface area contributed by atoms with Gasteiger partial charge in [0.15, 0.2) is 15.6 Å². The minimum absolute atomic E-state index is 0.133. The maximum Gasteiger partial charge on any atom is 0.341 e. The van der Waals surface area contributed by atoms with E-state index in [1.54, 1.807) is 18.2 Å². The number of nitrogens with zero attached hydrogens (tertiary/aromatic N) is 1. The fraction of sp³-hybridized carbons (Fsp3) is 0.200. The Labute approximate surface area is 132 Å². The van der Waals surface area contributed by atoms with E-state index in [4.69, 9.17) is 5.11 Å². The van der Waals surface area contributed by atoms with E-state index in [0.717, 1.165) is 12.4 Å². The van der Waals surface area contributed by atoms with Crippen LogP contribution in [0.15, 0.2) is 52.4 Å². The number of hydrogen-bond donors (Lipinski definition) is 2. The van der Waals surface area contributed by atoms with Gasteiger partial charge in [-0.3, -0.25) is 4.79 Å². The molecule has 1 aromatic heterocycles. The third-order valence-electron chi connectivity index (χ3n) is 3.22. The molecular weight excluding hydrogens is 322 g/mol. The number of hydrogen-bond acceptors (Lipinski definition) is 5. The molecule has 0 atom stereocenters. The Morgan fingerprint density at radius 3 is 2.39 bits per heavy atom. The lowest BCUT2D eigenvalue weighted by Crippen LogP contribution is -2.18. The number of sulfone groups is 1. The molecule has 8 heteroatoms. The van der Waals surface area contributed by atoms with Gasteiger partial charge in [-0.05, 0) is 18.6 Å². The zero-order valence-corrected chi connectivity index (χ0v) is 12.9. The van der Waals surface area contributed by atoms with E-state index >= 15 is 0 Å². The predicted octanol–water partition coefficient (Wildman–Crippen LogP) is 1.12. The Hall–Kier alpha value is -2.61. The SMILES string of the molecule is O=C(O)c1cn(CCCS(=O)(=O)c2ccccc2)cc(O)c1=O. The molecule has 122 valence electrons. The summed E-state index contributed by atoms with van der Waals surface area (Å²) >= 11 is 0. The van der Waals surface area contributed by atoms with Gasteiger partial charge in [0, 0.05) is 18.9 Å². The Morgan fingerprint density at radius 1 is 1.13 bits per heavy atom. The van der Waals surface area contributed by atoms with E-state index in [1.807, 2.05) is 0 Å². The molecular formula is C15H15NO6S. The van der Waals surface area contributed by atoms with Gasteiger partial charge in [-0.15, -0.1) is 0 Å². The average molecular weight is 337 g/mol. The molecule has 0 aliphatic carbocycles. The van der Waals surface area contributed by atoms with Crippen molar-refractivity contribution in [3.63, 3.8) is 0 Å². The minimum Gasteiger partial charge on any atom is -0.503 e. The van der Waals surface area contributed by atoms with Crippen molar-refractivity contribution in [2.24, 2.45) is 0 Å². The van der Waals surface area contributed by atoms with Gasteiger partial charge in [0.05, 0.1) is 10.6 Å². The van der Waals surface area contributed by atoms with Crippen molar-refractivity contribution in [3.05, 3.63) is 58.5 Å². The maximum absolute atomic E-state index is 12.1. The molecule has 2 rings (SSSR count). The second-order valence-electron chi connectivity index (χ2n) is 4.91. The Morgan fingerprint density at radius 2 is 1.78 bits per heavy atom. The Kier molecular flexibility index (Phi) is 4.85. The van der Waals surface area contributed by atoms with E-state index < -0.39 is 32.5 Å². The highest BCUT2D eigenvalue weighted by Gasteiger charge is 2.15. The van der Waals surface area contributed by atoms with Crippen LogP contribution < -0.4 is 5.43 Å². The topological polar surface area (TPSA) is 114 Å². The van der Waals surface area contributed by atoms with Gasteiger partial charge in [-0.2, -0.15) is 0 Å². The first-order valence-corrected chi connectivity index (χ1v) is 8.40. The van der Waals surface area contributed by atoms with Crippen LogP contribution in [0.25, 0.3) is 0 Å². The summed E-state index contributed by atoms with van der Waals surface area (Å²) in [5, 5.41) is 18.3. The molecule has 2 aromatic rings. The molecule has 0 aliphatic heterocycles. The van der Waals surface area contributed by atoms with Crippen LogP contribution >= 0.6 is 0 Å². The Bertz CT molecular complexity index is 871. The molecule has 0 bridgehead atoms. The quantitative estimate of drug-likeness (QED) is 0.816. The molecule has 7 nitrogen and oxygen atoms in total. The molecule has 1 heterocycles. The first kappa shape index (κ1) is 16.8. The smallest absolute Gasteiger partial charge is 0.341 e. The summed E-state index contributed by atoms with van der Waals surface area (Å²) in [7, 11) is -3.43. The standard InChI is InChI=1S/C15H15NO6S/c17-13-10-16(9-12(14(13)18)15(19)20)7-4-8-23(21,22)11-5-2-1-3-6-11/h1-3,5-6,9-10,17H,4,7-8H2,(H,19,20). The molecule has 0 radical (unpaired) electrons. The lowest BCUT2D eigenvalue weighted by atomic mass is 10.2. The van der Waals surface area contributed by atoms with E-state index in [0.29, 0.717) is 0 Å². The predicted molar refractivity (Wildman–Crippen MR) is 82.4 cm³/mol. The molecule has 0 unspecified atom stereocenters. The highest BCUT2D eigenvalue weighted by molar-refractivity contribution is 7.91. The zero-order valence-electron chi connectivity index (χ0n) is 12.0. The first-order valence-electron chi connectivity index (χ1n) is 6.75. The summed E-state index contributed by atoms with van der Waals surface area (Å²) in [6.45, 7) is 0.153. The number of rotatable bonds is 6. The third kappa shape index (κ3) is 3.98. The molecule has 0 amide bonds. The van der Waals surface area contributed by atoms with Gasteiger partial charge >= 0.3 is 5.97 Å². The number of carboxylic acid groups (broad SMARTS) is 1. The summed E-state index contributed by atoms with van der Waals surface area (Å²) in [6.07, 6.45) is 2.38. The fourth-order valence-electron chi connectivity index (χ4n) is 2.08. The van der Waals surface area contributed by atoms with Gasteiger partial charge in [0.1, 0.15) is 5.56 Å². The van der Waals surface area contributed by atoms with Gasteiger partial charge in [-0.1, -0.05) is 18.2 Å². The maximum atomic E-state index is 12.1. The first-order chi connectivity index (χ1) is 10.8. The summed E-state index contributed by atoms with van der Waals surface area (Å²) in [4.78, 5) is 22.6. The third-order valence-corrected chi connectivity index (χ3v) is 5.04. The zero-order chi connectivity index (χ0) is 17.0. The van der Waals surface area contributed by atoms with Crippen LogP contribution in [0, 0.1) is 0 Å². The lowest BCUT2D eigenvalue weighted by Gasteiger charge is -2.09. The number of carboxylic acids is 1. The second-order valence-corrected chi connectivity index (χ2v) is 7.02. The number of benzene rings is 1. The van der Waals surface area contributed by atoms with Crippen molar-refractivity contribution in [2.75, 3.05) is 5.75 Å². The van der Waals surface area contributed by atoms with E-state index in [-0.39, 0.29) is 23.6 Å². The highest BCUT2D eigenvalue weighted by Crippen LogP contribution is 2.12. The normalized spacial score (nSPS) is 11.3. The van der Waals surface area contributed by atoms with Crippen LogP contribution in [0.1, 0.15) is 16.8 Å². The summed E-state index contributed by atoms with van der Waals surface area (Å²) in [5.41, 5.74) is -1.53. The molecule has 1 aromatic carbocycles. The fourth-order valence-corrected chi connectivity index (χ4v) is 3.40. The van der Waals surface area contributed by atoms with E-state index in [9.17, 15) is 23.1 Å². The van der Waals surface area contributed by atoms with Crippen LogP contribution in [0.2, 0.25) is 0 Å². The monoisotopic (exact) mass is 337 g/mol. The largest absolute Gasteiger partial charge is 0.503 e. The number of aromatic nitrogens is 1. The molecule has 0 spiro atoms. The Balaban J connectivity index is 2.10. The van der Waals surface area contributed by atoms with Gasteiger partial charge < -0.3 is 14.8 Å². The minimum atomic E-state index is -3.43. The highest BCUT2D eigenvalue weighted by atomic mass is 32.2.